The Balaban J connectivity index is 2.67. The number of amidine groups is 1. The number of nitrogens with two attached hydrogens (primary N) is 1. The zero-order chi connectivity index (χ0) is 15.1. The van der Waals surface area contributed by atoms with Gasteiger partial charge in [0, 0.05) is 18.0 Å². The van der Waals surface area contributed by atoms with Gasteiger partial charge in [0.15, 0.2) is 0 Å². The minimum absolute atomic E-state index is 0.0192. The molecule has 20 heavy (non-hydrogen) atoms. The second-order valence-corrected chi connectivity index (χ2v) is 4.35. The van der Waals surface area contributed by atoms with Crippen LogP contribution >= 0.6 is 0 Å². The second kappa shape index (κ2) is 7.42. The molecule has 1 unspecified atom stereocenters. The highest BCUT2D eigenvalue weighted by molar-refractivity contribution is 5.82. The lowest BCUT2D eigenvalue weighted by Gasteiger charge is -2.16. The van der Waals surface area contributed by atoms with Gasteiger partial charge in [-0.2, -0.15) is 0 Å². The number of carbonyl (C=O) groups is 1. The van der Waals surface area contributed by atoms with E-state index < -0.39 is 24.0 Å². The standard InChI is InChI=1S/C13H17F2N3O2/c1-2-8(6-12(16)18-20)17-13(19)7-9-10(14)4-3-5-11(9)15/h3-5,8,20H,2,6-7H2,1H3,(H2,16,18)(H,17,19). The molecule has 1 atom stereocenters. The third kappa shape index (κ3) is 4.49. The van der Waals surface area contributed by atoms with E-state index in [9.17, 15) is 13.6 Å². The Morgan fingerprint density at radius 1 is 1.45 bits per heavy atom. The Morgan fingerprint density at radius 2 is 2.05 bits per heavy atom. The topological polar surface area (TPSA) is 87.7 Å². The molecule has 4 N–H and O–H groups in total. The lowest BCUT2D eigenvalue weighted by molar-refractivity contribution is -0.121. The van der Waals surface area contributed by atoms with Crippen LogP contribution in [0.1, 0.15) is 25.3 Å². The Labute approximate surface area is 115 Å². The number of benzene rings is 1. The predicted octanol–water partition coefficient (Wildman–Crippen LogP) is 1.54. The maximum Gasteiger partial charge on any atom is 0.224 e. The zero-order valence-corrected chi connectivity index (χ0v) is 11.1. The first-order valence-electron chi connectivity index (χ1n) is 6.16. The number of nitrogens with one attached hydrogen (secondary N) is 1. The van der Waals surface area contributed by atoms with E-state index in [1.54, 1.807) is 6.92 Å². The number of hydrogen-bond donors (Lipinski definition) is 3. The van der Waals surface area contributed by atoms with E-state index in [0.29, 0.717) is 6.42 Å². The summed E-state index contributed by atoms with van der Waals surface area (Å²) in [4.78, 5) is 11.8. The molecule has 1 amide bonds. The molecule has 0 aliphatic rings. The monoisotopic (exact) mass is 285 g/mol. The number of carbonyl (C=O) groups excluding carboxylic acids is 1. The van der Waals surface area contributed by atoms with Gasteiger partial charge in [-0.05, 0) is 18.6 Å². The van der Waals surface area contributed by atoms with Gasteiger partial charge in [-0.25, -0.2) is 8.78 Å². The Kier molecular flexibility index (Phi) is 5.89. The summed E-state index contributed by atoms with van der Waals surface area (Å²) in [6.45, 7) is 1.80. The van der Waals surface area contributed by atoms with Crippen molar-refractivity contribution < 1.29 is 18.8 Å². The molecule has 0 aromatic heterocycles. The van der Waals surface area contributed by atoms with Crippen LogP contribution in [0.2, 0.25) is 0 Å². The van der Waals surface area contributed by atoms with Gasteiger partial charge in [-0.1, -0.05) is 18.1 Å². The quantitative estimate of drug-likeness (QED) is 0.320. The Bertz CT molecular complexity index is 486. The van der Waals surface area contributed by atoms with Gasteiger partial charge in [-0.15, -0.1) is 0 Å². The molecular formula is C13H17F2N3O2. The van der Waals surface area contributed by atoms with Crippen LogP contribution in [0.5, 0.6) is 0 Å². The molecule has 0 saturated carbocycles. The van der Waals surface area contributed by atoms with Gasteiger partial charge in [0.25, 0.3) is 0 Å². The molecule has 0 aliphatic heterocycles. The van der Waals surface area contributed by atoms with Gasteiger partial charge in [0.05, 0.1) is 6.42 Å². The van der Waals surface area contributed by atoms with Gasteiger partial charge < -0.3 is 16.3 Å². The molecule has 0 spiro atoms. The van der Waals surface area contributed by atoms with Crippen LogP contribution in [0.4, 0.5) is 8.78 Å². The van der Waals surface area contributed by atoms with Gasteiger partial charge in [0.1, 0.15) is 17.5 Å². The van der Waals surface area contributed by atoms with E-state index in [1.165, 1.54) is 6.07 Å². The van der Waals surface area contributed by atoms with Crippen molar-refractivity contribution in [2.45, 2.75) is 32.2 Å². The average Bonchev–Trinajstić information content (AvgIpc) is 2.42. The Morgan fingerprint density at radius 3 is 2.55 bits per heavy atom. The molecule has 1 aromatic carbocycles. The predicted molar refractivity (Wildman–Crippen MR) is 70.3 cm³/mol. The minimum atomic E-state index is -0.760. The fourth-order valence-electron chi connectivity index (χ4n) is 1.73. The molecule has 0 radical (unpaired) electrons. The molecule has 0 aliphatic carbocycles. The first kappa shape index (κ1) is 15.9. The van der Waals surface area contributed by atoms with Crippen molar-refractivity contribution in [3.63, 3.8) is 0 Å². The summed E-state index contributed by atoms with van der Waals surface area (Å²) in [5.74, 6) is -2.06. The maximum absolute atomic E-state index is 13.4. The van der Waals surface area contributed by atoms with Crippen LogP contribution in [-0.2, 0) is 11.2 Å². The summed E-state index contributed by atoms with van der Waals surface area (Å²) in [6.07, 6.45) is 0.311. The van der Waals surface area contributed by atoms with Crippen molar-refractivity contribution in [1.82, 2.24) is 5.32 Å². The summed E-state index contributed by atoms with van der Waals surface area (Å²) in [6, 6.07) is 3.08. The molecule has 5 nitrogen and oxygen atoms in total. The normalized spacial score (nSPS) is 13.1. The molecule has 0 bridgehead atoms. The zero-order valence-electron chi connectivity index (χ0n) is 11.1. The summed E-state index contributed by atoms with van der Waals surface area (Å²) < 4.78 is 26.8. The van der Waals surface area contributed by atoms with E-state index in [2.05, 4.69) is 10.5 Å². The molecule has 0 heterocycles. The fourth-order valence-corrected chi connectivity index (χ4v) is 1.73. The smallest absolute Gasteiger partial charge is 0.224 e. The highest BCUT2D eigenvalue weighted by Gasteiger charge is 2.16. The summed E-state index contributed by atoms with van der Waals surface area (Å²) >= 11 is 0. The lowest BCUT2D eigenvalue weighted by atomic mass is 10.1. The number of oxime groups is 1. The van der Waals surface area contributed by atoms with Crippen LogP contribution in [0.15, 0.2) is 23.4 Å². The molecule has 0 fully saturated rings. The van der Waals surface area contributed by atoms with Crippen molar-refractivity contribution in [3.05, 3.63) is 35.4 Å². The van der Waals surface area contributed by atoms with Gasteiger partial charge in [-0.3, -0.25) is 4.79 Å². The highest BCUT2D eigenvalue weighted by Crippen LogP contribution is 2.12. The first-order chi connectivity index (χ1) is 9.47. The summed E-state index contributed by atoms with van der Waals surface area (Å²) in [5.41, 5.74) is 5.08. The molecular weight excluding hydrogens is 268 g/mol. The van der Waals surface area contributed by atoms with Crippen molar-refractivity contribution in [1.29, 1.82) is 0 Å². The highest BCUT2D eigenvalue weighted by atomic mass is 19.1. The molecule has 1 rings (SSSR count). The van der Waals surface area contributed by atoms with E-state index in [0.717, 1.165) is 12.1 Å². The van der Waals surface area contributed by atoms with E-state index >= 15 is 0 Å². The molecule has 110 valence electrons. The van der Waals surface area contributed by atoms with Crippen molar-refractivity contribution in [2.24, 2.45) is 10.9 Å². The lowest BCUT2D eigenvalue weighted by Crippen LogP contribution is -2.38. The number of halogens is 2. The van der Waals surface area contributed by atoms with E-state index in [1.807, 2.05) is 0 Å². The number of rotatable bonds is 6. The second-order valence-electron chi connectivity index (χ2n) is 4.35. The van der Waals surface area contributed by atoms with Crippen LogP contribution in [0.3, 0.4) is 0 Å². The van der Waals surface area contributed by atoms with Crippen molar-refractivity contribution >= 4 is 11.7 Å². The maximum atomic E-state index is 13.4. The SMILES string of the molecule is CCC(C/C(N)=N/O)NC(=O)Cc1c(F)cccc1F. The van der Waals surface area contributed by atoms with Gasteiger partial charge >= 0.3 is 0 Å². The number of amides is 1. The van der Waals surface area contributed by atoms with Crippen LogP contribution in [0, 0.1) is 11.6 Å². The summed E-state index contributed by atoms with van der Waals surface area (Å²) in [5, 5.41) is 13.9. The Hall–Kier alpha value is -2.18. The molecule has 0 saturated heterocycles. The van der Waals surface area contributed by atoms with Crippen molar-refractivity contribution in [3.8, 4) is 0 Å². The van der Waals surface area contributed by atoms with Crippen LogP contribution in [0.25, 0.3) is 0 Å². The van der Waals surface area contributed by atoms with E-state index in [-0.39, 0.29) is 23.9 Å². The number of hydrogen-bond acceptors (Lipinski definition) is 3. The largest absolute Gasteiger partial charge is 0.409 e. The fraction of sp³-hybridized carbons (Fsp3) is 0.385. The number of nitrogens with zero attached hydrogens (tertiary/aromatic N) is 1. The van der Waals surface area contributed by atoms with Crippen molar-refractivity contribution in [2.75, 3.05) is 0 Å². The third-order valence-corrected chi connectivity index (χ3v) is 2.84. The van der Waals surface area contributed by atoms with Gasteiger partial charge in [0.2, 0.25) is 5.91 Å². The molecule has 7 heteroatoms. The third-order valence-electron chi connectivity index (χ3n) is 2.84. The minimum Gasteiger partial charge on any atom is -0.409 e. The first-order valence-corrected chi connectivity index (χ1v) is 6.16. The van der Waals surface area contributed by atoms with E-state index in [4.69, 9.17) is 10.9 Å². The average molecular weight is 285 g/mol. The van der Waals surface area contributed by atoms with Crippen LogP contribution < -0.4 is 11.1 Å². The summed E-state index contributed by atoms with van der Waals surface area (Å²) in [7, 11) is 0. The molecule has 1 aromatic rings. The van der Waals surface area contributed by atoms with Crippen LogP contribution in [-0.4, -0.2) is 23.0 Å².